The Hall–Kier alpha value is 0.460. The van der Waals surface area contributed by atoms with Crippen molar-refractivity contribution in [1.82, 2.24) is 0 Å². The van der Waals surface area contributed by atoms with Gasteiger partial charge in [-0.15, -0.1) is 0 Å². The van der Waals surface area contributed by atoms with Gasteiger partial charge in [0.05, 0.1) is 0 Å². The van der Waals surface area contributed by atoms with Crippen molar-refractivity contribution in [3.8, 4) is 0 Å². The number of hydrogen-bond acceptors (Lipinski definition) is 0. The van der Waals surface area contributed by atoms with Crippen LogP contribution in [0.3, 0.4) is 0 Å². The van der Waals surface area contributed by atoms with Crippen molar-refractivity contribution < 1.29 is 35.1 Å². The summed E-state index contributed by atoms with van der Waals surface area (Å²) in [6.07, 6.45) is 0.354. The predicted molar refractivity (Wildman–Crippen MR) is 65.4 cm³/mol. The molecule has 20 heavy (non-hydrogen) atoms. The van der Waals surface area contributed by atoms with E-state index in [1.54, 1.807) is 0 Å². The molecule has 120 valence electrons. The normalized spacial score (nSPS) is 26.7. The fourth-order valence-electron chi connectivity index (χ4n) is 2.11. The summed E-state index contributed by atoms with van der Waals surface area (Å²) in [5.41, 5.74) is 0. The number of halogens is 10. The Morgan fingerprint density at radius 1 is 0.800 bits per heavy atom. The van der Waals surface area contributed by atoms with Gasteiger partial charge >= 0.3 is 23.1 Å². The van der Waals surface area contributed by atoms with Crippen molar-refractivity contribution in [2.24, 2.45) is 5.92 Å². The second-order valence-corrected chi connectivity index (χ2v) is 6.75. The molecule has 0 heterocycles. The predicted octanol–water partition coefficient (Wildman–Crippen LogP) is 5.72. The van der Waals surface area contributed by atoms with E-state index in [0.717, 1.165) is 0 Å². The molecule has 0 aromatic heterocycles. The van der Waals surface area contributed by atoms with Crippen molar-refractivity contribution in [2.45, 2.75) is 52.8 Å². The van der Waals surface area contributed by atoms with Crippen LogP contribution in [-0.2, 0) is 0 Å². The highest BCUT2D eigenvalue weighted by atomic mass is 127. The minimum atomic E-state index is -6.35. The van der Waals surface area contributed by atoms with Crippen LogP contribution < -0.4 is 0 Å². The zero-order valence-electron chi connectivity index (χ0n) is 9.76. The summed E-state index contributed by atoms with van der Waals surface area (Å²) in [4.78, 5) is 0. The van der Waals surface area contributed by atoms with Gasteiger partial charge in [0.2, 0.25) is 0 Å². The lowest BCUT2D eigenvalue weighted by molar-refractivity contribution is -0.359. The lowest BCUT2D eigenvalue weighted by Crippen LogP contribution is -2.63. The lowest BCUT2D eigenvalue weighted by Gasteiger charge is -2.41. The van der Waals surface area contributed by atoms with E-state index in [-0.39, 0.29) is 12.8 Å². The van der Waals surface area contributed by atoms with E-state index in [9.17, 15) is 35.1 Å². The van der Waals surface area contributed by atoms with Gasteiger partial charge in [0, 0.05) is 9.84 Å². The number of rotatable bonds is 4. The van der Waals surface area contributed by atoms with Crippen LogP contribution in [0.2, 0.25) is 0 Å². The molecule has 1 fully saturated rings. The van der Waals surface area contributed by atoms with Crippen LogP contribution in [0.5, 0.6) is 0 Å². The highest BCUT2D eigenvalue weighted by molar-refractivity contribution is 14.1. The Kier molecular flexibility index (Phi) is 5.17. The monoisotopic (exact) mass is 444 g/mol. The van der Waals surface area contributed by atoms with Crippen LogP contribution in [0.4, 0.5) is 35.1 Å². The average Bonchev–Trinajstić information content (AvgIpc) is 2.27. The molecular weight excluding hydrogens is 434 g/mol. The topological polar surface area (TPSA) is 0 Å². The quantitative estimate of drug-likeness (QED) is 0.296. The third-order valence-electron chi connectivity index (χ3n) is 3.32. The van der Waals surface area contributed by atoms with Gasteiger partial charge in [-0.25, -0.2) is 0 Å². The molecule has 0 nitrogen and oxygen atoms in total. The van der Waals surface area contributed by atoms with Crippen LogP contribution in [0, 0.1) is 5.92 Å². The van der Waals surface area contributed by atoms with Crippen LogP contribution in [-0.4, -0.2) is 27.1 Å². The molecule has 0 aromatic carbocycles. The molecule has 1 saturated carbocycles. The standard InChI is InChI=1S/C10H10ClF8I/c11-10(18,19)9(16,17)8(14,15)7(12,13)5-3-1-2-4-6(5)20/h5-6H,1-4H2/t5-,6+/m1/s1. The maximum absolute atomic E-state index is 13.7. The van der Waals surface area contributed by atoms with Gasteiger partial charge in [-0.1, -0.05) is 35.4 Å². The third-order valence-corrected chi connectivity index (χ3v) is 5.04. The smallest absolute Gasteiger partial charge is 0.199 e. The van der Waals surface area contributed by atoms with E-state index in [2.05, 4.69) is 11.6 Å². The summed E-state index contributed by atoms with van der Waals surface area (Å²) >= 11 is 5.35. The SMILES string of the molecule is FC(F)(Cl)C(F)(F)C(F)(F)C(F)(F)[C@@H]1CCCC[C@@H]1I. The molecule has 0 saturated heterocycles. The molecule has 2 atom stereocenters. The first-order valence-electron chi connectivity index (χ1n) is 5.61. The Bertz CT molecular complexity index is 354. The summed E-state index contributed by atoms with van der Waals surface area (Å²) in [5.74, 6) is -20.0. The summed E-state index contributed by atoms with van der Waals surface area (Å²) in [5, 5.41) is -5.77. The van der Waals surface area contributed by atoms with Crippen LogP contribution in [0.25, 0.3) is 0 Å². The van der Waals surface area contributed by atoms with Gasteiger partial charge in [0.25, 0.3) is 0 Å². The van der Waals surface area contributed by atoms with E-state index >= 15 is 0 Å². The Morgan fingerprint density at radius 3 is 1.65 bits per heavy atom. The van der Waals surface area contributed by atoms with Crippen molar-refractivity contribution >= 4 is 34.2 Å². The number of hydrogen-bond donors (Lipinski definition) is 0. The second-order valence-electron chi connectivity index (χ2n) is 4.68. The van der Waals surface area contributed by atoms with Crippen molar-refractivity contribution in [2.75, 3.05) is 0 Å². The maximum Gasteiger partial charge on any atom is 0.392 e. The molecule has 1 aliphatic carbocycles. The van der Waals surface area contributed by atoms with Crippen LogP contribution in [0.1, 0.15) is 25.7 Å². The minimum Gasteiger partial charge on any atom is -0.199 e. The Morgan fingerprint density at radius 2 is 1.25 bits per heavy atom. The van der Waals surface area contributed by atoms with Gasteiger partial charge in [-0.2, -0.15) is 35.1 Å². The molecule has 0 amide bonds. The first-order chi connectivity index (χ1) is 8.77. The van der Waals surface area contributed by atoms with E-state index < -0.39 is 39.4 Å². The summed E-state index contributed by atoms with van der Waals surface area (Å²) in [6.45, 7) is 0. The van der Waals surface area contributed by atoms with Gasteiger partial charge in [0.15, 0.2) is 0 Å². The fourth-order valence-corrected chi connectivity index (χ4v) is 3.48. The van der Waals surface area contributed by atoms with Crippen molar-refractivity contribution in [3.63, 3.8) is 0 Å². The van der Waals surface area contributed by atoms with Gasteiger partial charge in [-0.05, 0) is 24.4 Å². The molecule has 10 heteroatoms. The summed E-state index contributed by atoms with van der Waals surface area (Å²) in [7, 11) is 0. The first-order valence-corrected chi connectivity index (χ1v) is 7.23. The molecule has 0 unspecified atom stereocenters. The summed E-state index contributed by atoms with van der Waals surface area (Å²) < 4.78 is 104. The molecule has 0 aromatic rings. The first kappa shape index (κ1) is 18.5. The van der Waals surface area contributed by atoms with Crippen LogP contribution in [0.15, 0.2) is 0 Å². The van der Waals surface area contributed by atoms with Crippen molar-refractivity contribution in [3.05, 3.63) is 0 Å². The van der Waals surface area contributed by atoms with Gasteiger partial charge < -0.3 is 0 Å². The third kappa shape index (κ3) is 2.85. The van der Waals surface area contributed by atoms with E-state index in [0.29, 0.717) is 6.42 Å². The molecule has 0 radical (unpaired) electrons. The molecule has 1 rings (SSSR count). The zero-order valence-corrected chi connectivity index (χ0v) is 12.7. The van der Waals surface area contributed by atoms with Gasteiger partial charge in [0.1, 0.15) is 0 Å². The molecule has 0 bridgehead atoms. The highest BCUT2D eigenvalue weighted by Crippen LogP contribution is 2.58. The largest absolute Gasteiger partial charge is 0.392 e. The van der Waals surface area contributed by atoms with Crippen molar-refractivity contribution in [1.29, 1.82) is 0 Å². The van der Waals surface area contributed by atoms with E-state index in [4.69, 9.17) is 0 Å². The number of alkyl halides is 10. The minimum absolute atomic E-state index is 0.139. The lowest BCUT2D eigenvalue weighted by atomic mass is 9.80. The highest BCUT2D eigenvalue weighted by Gasteiger charge is 2.81. The summed E-state index contributed by atoms with van der Waals surface area (Å²) in [6, 6.07) is 0. The van der Waals surface area contributed by atoms with Crippen LogP contribution >= 0.6 is 34.2 Å². The Labute approximate surface area is 128 Å². The van der Waals surface area contributed by atoms with E-state index in [1.807, 2.05) is 0 Å². The molecule has 0 N–H and O–H groups in total. The molecular formula is C10H10ClF8I. The zero-order chi connectivity index (χ0) is 16.0. The molecule has 1 aliphatic rings. The maximum atomic E-state index is 13.7. The molecule has 0 spiro atoms. The average molecular weight is 445 g/mol. The fraction of sp³-hybridized carbons (Fsp3) is 1.00. The molecule has 0 aliphatic heterocycles. The second kappa shape index (κ2) is 5.58. The van der Waals surface area contributed by atoms with Gasteiger partial charge in [-0.3, -0.25) is 0 Å². The Balaban J connectivity index is 3.17. The van der Waals surface area contributed by atoms with E-state index in [1.165, 1.54) is 22.6 Å².